The molecule has 1 aromatic carbocycles. The van der Waals surface area contributed by atoms with E-state index in [1.807, 2.05) is 30.3 Å². The second kappa shape index (κ2) is 9.82. The van der Waals surface area contributed by atoms with Crippen LogP contribution in [-0.2, 0) is 16.1 Å². The first-order valence-electron chi connectivity index (χ1n) is 10.1. The van der Waals surface area contributed by atoms with Gasteiger partial charge in [0.15, 0.2) is 0 Å². The molecule has 0 spiro atoms. The van der Waals surface area contributed by atoms with Crippen LogP contribution in [0.15, 0.2) is 54.7 Å². The molecule has 1 aliphatic carbocycles. The van der Waals surface area contributed by atoms with E-state index in [2.05, 4.69) is 28.5 Å². The van der Waals surface area contributed by atoms with Crippen molar-refractivity contribution >= 4 is 27.5 Å². The first-order chi connectivity index (χ1) is 14.8. The molecule has 0 fully saturated rings. The number of aromatic nitrogens is 2. The molecule has 7 heteroatoms. The van der Waals surface area contributed by atoms with Crippen molar-refractivity contribution in [2.75, 3.05) is 20.3 Å². The molecular formula is C23H25N3O3S. The number of methoxy groups -OCH3 is 1. The zero-order valence-electron chi connectivity index (χ0n) is 16.9. The van der Waals surface area contributed by atoms with Gasteiger partial charge in [-0.1, -0.05) is 30.4 Å². The predicted molar refractivity (Wildman–Crippen MR) is 118 cm³/mol. The number of ether oxygens (including phenoxy) is 2. The zero-order valence-corrected chi connectivity index (χ0v) is 17.7. The molecule has 1 amide bonds. The van der Waals surface area contributed by atoms with Crippen molar-refractivity contribution in [3.63, 3.8) is 0 Å². The van der Waals surface area contributed by atoms with Crippen LogP contribution in [0.1, 0.15) is 29.3 Å². The summed E-state index contributed by atoms with van der Waals surface area (Å²) in [6.45, 7) is 1.28. The van der Waals surface area contributed by atoms with Crippen molar-refractivity contribution in [1.82, 2.24) is 15.3 Å². The van der Waals surface area contributed by atoms with Gasteiger partial charge in [-0.3, -0.25) is 4.79 Å². The highest BCUT2D eigenvalue weighted by Gasteiger charge is 2.32. The lowest BCUT2D eigenvalue weighted by molar-refractivity contribution is -0.125. The number of nitrogens with zero attached hydrogens (tertiary/aromatic N) is 2. The second-order valence-electron chi connectivity index (χ2n) is 7.20. The summed E-state index contributed by atoms with van der Waals surface area (Å²) in [6.07, 6.45) is 7.48. The van der Waals surface area contributed by atoms with Crippen LogP contribution in [0.3, 0.4) is 0 Å². The molecule has 0 aliphatic heterocycles. The number of hydrogen-bond donors (Lipinski definition) is 1. The summed E-state index contributed by atoms with van der Waals surface area (Å²) in [5.41, 5.74) is 1.85. The van der Waals surface area contributed by atoms with Gasteiger partial charge >= 0.3 is 0 Å². The van der Waals surface area contributed by atoms with E-state index in [0.717, 1.165) is 33.6 Å². The number of hydrogen-bond acceptors (Lipinski definition) is 6. The summed E-state index contributed by atoms with van der Waals surface area (Å²) in [5, 5.41) is 4.12. The molecule has 156 valence electrons. The van der Waals surface area contributed by atoms with Gasteiger partial charge in [0.05, 0.1) is 27.7 Å². The Morgan fingerprint density at radius 2 is 2.03 bits per heavy atom. The van der Waals surface area contributed by atoms with E-state index in [-0.39, 0.29) is 17.7 Å². The maximum atomic E-state index is 13.1. The molecule has 0 radical (unpaired) electrons. The minimum Gasteiger partial charge on any atom is -0.475 e. The maximum absolute atomic E-state index is 13.1. The maximum Gasteiger partial charge on any atom is 0.224 e. The van der Waals surface area contributed by atoms with Gasteiger partial charge in [0.2, 0.25) is 11.8 Å². The Labute approximate surface area is 180 Å². The van der Waals surface area contributed by atoms with Gasteiger partial charge in [0, 0.05) is 31.3 Å². The second-order valence-corrected chi connectivity index (χ2v) is 8.26. The van der Waals surface area contributed by atoms with Crippen LogP contribution in [0.4, 0.5) is 0 Å². The van der Waals surface area contributed by atoms with Gasteiger partial charge in [-0.05, 0) is 31.0 Å². The smallest absolute Gasteiger partial charge is 0.224 e. The average Bonchev–Trinajstić information content (AvgIpc) is 3.22. The van der Waals surface area contributed by atoms with Crippen LogP contribution >= 0.6 is 11.3 Å². The summed E-state index contributed by atoms with van der Waals surface area (Å²) < 4.78 is 11.9. The number of thiazole rings is 1. The minimum absolute atomic E-state index is 0.0373. The summed E-state index contributed by atoms with van der Waals surface area (Å²) in [4.78, 5) is 22.2. The minimum atomic E-state index is -0.134. The quantitative estimate of drug-likeness (QED) is 0.437. The van der Waals surface area contributed by atoms with Gasteiger partial charge in [0.25, 0.3) is 0 Å². The van der Waals surface area contributed by atoms with E-state index in [0.29, 0.717) is 25.6 Å². The van der Waals surface area contributed by atoms with Crippen LogP contribution in [0.5, 0.6) is 5.88 Å². The van der Waals surface area contributed by atoms with Crippen molar-refractivity contribution in [3.8, 4) is 5.88 Å². The van der Waals surface area contributed by atoms with Crippen LogP contribution in [0, 0.1) is 5.92 Å². The standard InChI is InChI=1S/C23H25N3O3S/c1-28-13-14-29-22-16(7-6-12-24-22)15-25-21(27)17-8-2-3-9-18(17)23-26-19-10-4-5-11-20(19)30-23/h2-7,10-12,17-18H,8-9,13-15H2,1H3,(H,25,27). The summed E-state index contributed by atoms with van der Waals surface area (Å²) >= 11 is 1.69. The largest absolute Gasteiger partial charge is 0.475 e. The van der Waals surface area contributed by atoms with E-state index < -0.39 is 0 Å². The number of fused-ring (bicyclic) bond motifs is 1. The molecule has 2 aromatic heterocycles. The molecule has 1 aliphatic rings. The summed E-state index contributed by atoms with van der Waals surface area (Å²) in [6, 6.07) is 11.9. The molecule has 30 heavy (non-hydrogen) atoms. The first-order valence-corrected chi connectivity index (χ1v) is 10.9. The Kier molecular flexibility index (Phi) is 6.71. The fourth-order valence-corrected chi connectivity index (χ4v) is 4.80. The number of benzene rings is 1. The van der Waals surface area contributed by atoms with Crippen molar-refractivity contribution in [2.24, 2.45) is 5.92 Å². The zero-order chi connectivity index (χ0) is 20.8. The molecule has 3 aromatic rings. The highest BCUT2D eigenvalue weighted by Crippen LogP contribution is 2.38. The molecular weight excluding hydrogens is 398 g/mol. The molecule has 6 nitrogen and oxygen atoms in total. The fourth-order valence-electron chi connectivity index (χ4n) is 3.65. The number of carbonyl (C=O) groups is 1. The lowest BCUT2D eigenvalue weighted by atomic mass is 9.82. The predicted octanol–water partition coefficient (Wildman–Crippen LogP) is 4.08. The Bertz CT molecular complexity index is 1000. The van der Waals surface area contributed by atoms with E-state index in [4.69, 9.17) is 14.5 Å². The SMILES string of the molecule is COCCOc1ncccc1CNC(=O)C1CC=CCC1c1nc2ccccc2s1. The van der Waals surface area contributed by atoms with Gasteiger partial charge < -0.3 is 14.8 Å². The van der Waals surface area contributed by atoms with Gasteiger partial charge in [-0.2, -0.15) is 0 Å². The third-order valence-electron chi connectivity index (χ3n) is 5.23. The lowest BCUT2D eigenvalue weighted by Gasteiger charge is -2.26. The van der Waals surface area contributed by atoms with Crippen molar-refractivity contribution in [2.45, 2.75) is 25.3 Å². The van der Waals surface area contributed by atoms with E-state index >= 15 is 0 Å². The number of rotatable bonds is 8. The van der Waals surface area contributed by atoms with Crippen molar-refractivity contribution in [1.29, 1.82) is 0 Å². The number of amides is 1. The van der Waals surface area contributed by atoms with Crippen molar-refractivity contribution < 1.29 is 14.3 Å². The molecule has 0 saturated heterocycles. The third kappa shape index (κ3) is 4.68. The summed E-state index contributed by atoms with van der Waals surface area (Å²) in [7, 11) is 1.63. The van der Waals surface area contributed by atoms with E-state index in [9.17, 15) is 4.79 Å². The van der Waals surface area contributed by atoms with E-state index in [1.54, 1.807) is 24.6 Å². The normalized spacial score (nSPS) is 18.4. The molecule has 0 saturated carbocycles. The molecule has 2 unspecified atom stereocenters. The Morgan fingerprint density at radius 1 is 1.17 bits per heavy atom. The number of para-hydroxylation sites is 1. The third-order valence-corrected chi connectivity index (χ3v) is 6.39. The Hall–Kier alpha value is -2.77. The Morgan fingerprint density at radius 3 is 2.90 bits per heavy atom. The molecule has 2 atom stereocenters. The monoisotopic (exact) mass is 423 g/mol. The van der Waals surface area contributed by atoms with Gasteiger partial charge in [-0.15, -0.1) is 11.3 Å². The van der Waals surface area contributed by atoms with Crippen LogP contribution < -0.4 is 10.1 Å². The fraction of sp³-hybridized carbons (Fsp3) is 0.348. The average molecular weight is 424 g/mol. The molecule has 2 heterocycles. The summed E-state index contributed by atoms with van der Waals surface area (Å²) in [5.74, 6) is 0.528. The van der Waals surface area contributed by atoms with Gasteiger partial charge in [-0.25, -0.2) is 9.97 Å². The highest BCUT2D eigenvalue weighted by atomic mass is 32.1. The highest BCUT2D eigenvalue weighted by molar-refractivity contribution is 7.18. The van der Waals surface area contributed by atoms with Gasteiger partial charge in [0.1, 0.15) is 6.61 Å². The molecule has 0 bridgehead atoms. The number of carbonyl (C=O) groups excluding carboxylic acids is 1. The van der Waals surface area contributed by atoms with E-state index in [1.165, 1.54) is 0 Å². The number of pyridine rings is 1. The van der Waals surface area contributed by atoms with Crippen LogP contribution in [0.25, 0.3) is 10.2 Å². The lowest BCUT2D eigenvalue weighted by Crippen LogP contribution is -2.34. The molecule has 1 N–H and O–H groups in total. The Balaban J connectivity index is 1.45. The molecule has 4 rings (SSSR count). The number of nitrogens with one attached hydrogen (secondary N) is 1. The van der Waals surface area contributed by atoms with Crippen molar-refractivity contribution in [3.05, 3.63) is 65.3 Å². The van der Waals surface area contributed by atoms with Crippen LogP contribution in [0.2, 0.25) is 0 Å². The topological polar surface area (TPSA) is 73.3 Å². The van der Waals surface area contributed by atoms with Crippen LogP contribution in [-0.4, -0.2) is 36.2 Å². The number of allylic oxidation sites excluding steroid dienone is 2. The first kappa shape index (κ1) is 20.5.